The summed E-state index contributed by atoms with van der Waals surface area (Å²) in [5, 5.41) is 4.91. The molecule has 1 aromatic heterocycles. The molecule has 1 aliphatic heterocycles. The molecule has 2 aromatic rings. The Morgan fingerprint density at radius 2 is 1.95 bits per heavy atom. The van der Waals surface area contributed by atoms with Gasteiger partial charge < -0.3 is 5.32 Å². The lowest BCUT2D eigenvalue weighted by molar-refractivity contribution is 0.845. The van der Waals surface area contributed by atoms with Crippen molar-refractivity contribution in [1.82, 2.24) is 10.3 Å². The third-order valence-corrected chi connectivity index (χ3v) is 4.41. The van der Waals surface area contributed by atoms with Gasteiger partial charge in [0.05, 0.1) is 11.8 Å². The summed E-state index contributed by atoms with van der Waals surface area (Å²) in [6.45, 7) is 1.74. The highest BCUT2D eigenvalue weighted by Gasteiger charge is 2.20. The quantitative estimate of drug-likeness (QED) is 0.937. The number of rotatable bonds is 4. The van der Waals surface area contributed by atoms with Gasteiger partial charge in [0.1, 0.15) is 0 Å². The van der Waals surface area contributed by atoms with E-state index >= 15 is 0 Å². The average molecular weight is 283 g/mol. The Morgan fingerprint density at radius 3 is 2.75 bits per heavy atom. The van der Waals surface area contributed by atoms with Gasteiger partial charge in [-0.15, -0.1) is 0 Å². The van der Waals surface area contributed by atoms with Crippen LogP contribution in [0.2, 0.25) is 0 Å². The molecule has 1 aliphatic rings. The molecular weight excluding hydrogens is 266 g/mol. The maximum atomic E-state index is 4.57. The Morgan fingerprint density at radius 1 is 1.10 bits per heavy atom. The Bertz CT molecular complexity index is 569. The van der Waals surface area contributed by atoms with E-state index in [9.17, 15) is 0 Å². The number of nitrogens with one attached hydrogen (secondary N) is 1. The highest BCUT2D eigenvalue weighted by molar-refractivity contribution is 8.14. The zero-order valence-corrected chi connectivity index (χ0v) is 12.0. The molecule has 0 spiro atoms. The summed E-state index contributed by atoms with van der Waals surface area (Å²) < 4.78 is 0. The molecule has 102 valence electrons. The second kappa shape index (κ2) is 6.57. The number of amidine groups is 1. The number of nitrogens with zero attached hydrogens (tertiary/aromatic N) is 2. The molecule has 0 saturated carbocycles. The maximum Gasteiger partial charge on any atom is 0.157 e. The normalized spacial score (nSPS) is 17.8. The molecule has 4 heteroatoms. The first-order chi connectivity index (χ1) is 9.92. The zero-order valence-electron chi connectivity index (χ0n) is 11.2. The van der Waals surface area contributed by atoms with Crippen molar-refractivity contribution in [1.29, 1.82) is 0 Å². The van der Waals surface area contributed by atoms with Gasteiger partial charge in [0.2, 0.25) is 0 Å². The van der Waals surface area contributed by atoms with E-state index in [-0.39, 0.29) is 0 Å². The second-order valence-electron chi connectivity index (χ2n) is 4.66. The van der Waals surface area contributed by atoms with E-state index in [0.717, 1.165) is 30.4 Å². The molecule has 1 N–H and O–H groups in total. The molecule has 0 fully saturated rings. The lowest BCUT2D eigenvalue weighted by Gasteiger charge is -2.09. The SMILES string of the molecule is c1ccc(C2CN=C(NCCc3ccccn3)S2)cc1. The third kappa shape index (κ3) is 3.39. The van der Waals surface area contributed by atoms with Crippen molar-refractivity contribution in [3.05, 3.63) is 66.0 Å². The Hall–Kier alpha value is -1.81. The summed E-state index contributed by atoms with van der Waals surface area (Å²) >= 11 is 1.82. The minimum Gasteiger partial charge on any atom is -0.365 e. The summed E-state index contributed by atoms with van der Waals surface area (Å²) in [6, 6.07) is 16.6. The van der Waals surface area contributed by atoms with Crippen molar-refractivity contribution < 1.29 is 0 Å². The van der Waals surface area contributed by atoms with Gasteiger partial charge in [0.15, 0.2) is 5.17 Å². The predicted molar refractivity (Wildman–Crippen MR) is 85.0 cm³/mol. The summed E-state index contributed by atoms with van der Waals surface area (Å²) in [4.78, 5) is 8.89. The van der Waals surface area contributed by atoms with Gasteiger partial charge in [-0.2, -0.15) is 0 Å². The molecule has 0 saturated heterocycles. The first-order valence-electron chi connectivity index (χ1n) is 6.81. The van der Waals surface area contributed by atoms with Gasteiger partial charge in [-0.05, 0) is 17.7 Å². The second-order valence-corrected chi connectivity index (χ2v) is 5.85. The van der Waals surface area contributed by atoms with E-state index < -0.39 is 0 Å². The van der Waals surface area contributed by atoms with Crippen molar-refractivity contribution in [2.75, 3.05) is 13.1 Å². The van der Waals surface area contributed by atoms with Crippen LogP contribution in [0.5, 0.6) is 0 Å². The molecule has 3 nitrogen and oxygen atoms in total. The molecule has 2 heterocycles. The van der Waals surface area contributed by atoms with Crippen LogP contribution < -0.4 is 5.32 Å². The van der Waals surface area contributed by atoms with Crippen molar-refractivity contribution >= 4 is 16.9 Å². The number of thioether (sulfide) groups is 1. The first kappa shape index (κ1) is 13.2. The van der Waals surface area contributed by atoms with Crippen molar-refractivity contribution in [3.8, 4) is 0 Å². The minimum atomic E-state index is 0.452. The van der Waals surface area contributed by atoms with Gasteiger partial charge in [0, 0.05) is 24.9 Å². The van der Waals surface area contributed by atoms with Crippen LogP contribution in [0.15, 0.2) is 59.7 Å². The number of aromatic nitrogens is 1. The largest absolute Gasteiger partial charge is 0.365 e. The molecule has 0 bridgehead atoms. The topological polar surface area (TPSA) is 37.3 Å². The molecule has 1 aromatic carbocycles. The van der Waals surface area contributed by atoms with Crippen LogP contribution in [0.1, 0.15) is 16.5 Å². The minimum absolute atomic E-state index is 0.452. The summed E-state index contributed by atoms with van der Waals surface area (Å²) in [6.07, 6.45) is 2.76. The summed E-state index contributed by atoms with van der Waals surface area (Å²) in [7, 11) is 0. The number of benzene rings is 1. The fourth-order valence-electron chi connectivity index (χ4n) is 2.16. The number of aliphatic imine (C=N–C) groups is 1. The van der Waals surface area contributed by atoms with E-state index in [0.29, 0.717) is 5.25 Å². The third-order valence-electron chi connectivity index (χ3n) is 3.21. The van der Waals surface area contributed by atoms with Gasteiger partial charge >= 0.3 is 0 Å². The van der Waals surface area contributed by atoms with Gasteiger partial charge in [-0.1, -0.05) is 48.2 Å². The Balaban J connectivity index is 1.46. The van der Waals surface area contributed by atoms with Gasteiger partial charge in [-0.3, -0.25) is 9.98 Å². The fraction of sp³-hybridized carbons (Fsp3) is 0.250. The molecular formula is C16H17N3S. The first-order valence-corrected chi connectivity index (χ1v) is 7.69. The molecule has 0 aliphatic carbocycles. The summed E-state index contributed by atoms with van der Waals surface area (Å²) in [5.41, 5.74) is 2.46. The van der Waals surface area contributed by atoms with Gasteiger partial charge in [-0.25, -0.2) is 0 Å². The van der Waals surface area contributed by atoms with E-state index in [1.807, 2.05) is 30.1 Å². The highest BCUT2D eigenvalue weighted by atomic mass is 32.2. The smallest absolute Gasteiger partial charge is 0.157 e. The van der Waals surface area contributed by atoms with Crippen molar-refractivity contribution in [3.63, 3.8) is 0 Å². The molecule has 3 rings (SSSR count). The van der Waals surface area contributed by atoms with Crippen molar-refractivity contribution in [2.24, 2.45) is 4.99 Å². The molecule has 0 radical (unpaired) electrons. The number of hydrogen-bond acceptors (Lipinski definition) is 4. The molecule has 20 heavy (non-hydrogen) atoms. The molecule has 1 atom stereocenters. The van der Waals surface area contributed by atoms with Gasteiger partial charge in [0.25, 0.3) is 0 Å². The Kier molecular flexibility index (Phi) is 4.33. The van der Waals surface area contributed by atoms with Crippen LogP contribution in [0.25, 0.3) is 0 Å². The lowest BCUT2D eigenvalue weighted by atomic mass is 10.1. The zero-order chi connectivity index (χ0) is 13.6. The van der Waals surface area contributed by atoms with Crippen LogP contribution in [0.4, 0.5) is 0 Å². The number of pyridine rings is 1. The van der Waals surface area contributed by atoms with Crippen LogP contribution in [-0.2, 0) is 6.42 Å². The maximum absolute atomic E-state index is 4.57. The lowest BCUT2D eigenvalue weighted by Crippen LogP contribution is -2.22. The van der Waals surface area contributed by atoms with E-state index in [4.69, 9.17) is 0 Å². The monoisotopic (exact) mass is 283 g/mol. The predicted octanol–water partition coefficient (Wildman–Crippen LogP) is 3.06. The highest BCUT2D eigenvalue weighted by Crippen LogP contribution is 2.33. The van der Waals surface area contributed by atoms with E-state index in [1.165, 1.54) is 5.56 Å². The standard InChI is InChI=1S/C16H17N3S/c1-2-6-13(7-3-1)15-12-19-16(20-15)18-11-9-14-8-4-5-10-17-14/h1-8,10,15H,9,11-12H2,(H,18,19). The van der Waals surface area contributed by atoms with Crippen LogP contribution >= 0.6 is 11.8 Å². The molecule has 0 amide bonds. The average Bonchev–Trinajstić information content (AvgIpc) is 2.98. The van der Waals surface area contributed by atoms with Crippen LogP contribution in [-0.4, -0.2) is 23.2 Å². The van der Waals surface area contributed by atoms with Crippen LogP contribution in [0.3, 0.4) is 0 Å². The van der Waals surface area contributed by atoms with E-state index in [1.54, 1.807) is 0 Å². The molecule has 1 unspecified atom stereocenters. The fourth-order valence-corrected chi connectivity index (χ4v) is 3.20. The Labute approximate surface area is 123 Å². The van der Waals surface area contributed by atoms with Crippen LogP contribution in [0, 0.1) is 0 Å². The number of hydrogen-bond donors (Lipinski definition) is 1. The van der Waals surface area contributed by atoms with Crippen molar-refractivity contribution in [2.45, 2.75) is 11.7 Å². The van der Waals surface area contributed by atoms with E-state index in [2.05, 4.69) is 51.7 Å². The summed E-state index contributed by atoms with van der Waals surface area (Å²) in [5.74, 6) is 0.